The van der Waals surface area contributed by atoms with Gasteiger partial charge < -0.3 is 15.3 Å². The maximum Gasteiger partial charge on any atom is 0.336 e. The van der Waals surface area contributed by atoms with Gasteiger partial charge in [-0.3, -0.25) is 9.88 Å². The normalized spacial score (nSPS) is 19.4. The number of rotatable bonds is 6. The molecule has 0 spiro atoms. The number of aromatic nitrogens is 1. The van der Waals surface area contributed by atoms with Gasteiger partial charge >= 0.3 is 11.9 Å². The Bertz CT molecular complexity index is 750. The zero-order valence-electron chi connectivity index (χ0n) is 13.8. The molecule has 1 aliphatic rings. The fraction of sp³-hybridized carbons (Fsp3) is 0.389. The van der Waals surface area contributed by atoms with Gasteiger partial charge in [0.05, 0.1) is 5.57 Å². The predicted octanol–water partition coefficient (Wildman–Crippen LogP) is 0.937. The van der Waals surface area contributed by atoms with E-state index in [4.69, 9.17) is 11.5 Å². The summed E-state index contributed by atoms with van der Waals surface area (Å²) in [4.78, 5) is 28.8. The second-order valence-electron chi connectivity index (χ2n) is 5.98. The number of carboxylic acids is 2. The molecule has 0 saturated carbocycles. The third kappa shape index (κ3) is 4.24. The van der Waals surface area contributed by atoms with Crippen LogP contribution in [0.2, 0.25) is 0 Å². The smallest absolute Gasteiger partial charge is 0.336 e. The first-order chi connectivity index (χ1) is 11.8. The fourth-order valence-corrected chi connectivity index (χ4v) is 3.18. The highest BCUT2D eigenvalue weighted by atomic mass is 16.4. The first kappa shape index (κ1) is 18.6. The van der Waals surface area contributed by atoms with Crippen molar-refractivity contribution in [1.82, 2.24) is 9.88 Å². The van der Waals surface area contributed by atoms with E-state index in [0.29, 0.717) is 11.6 Å². The van der Waals surface area contributed by atoms with Crippen LogP contribution in [0, 0.1) is 12.3 Å². The number of hydrogen-bond acceptors (Lipinski definition) is 5. The number of hydrogen-bond donors (Lipinski definition) is 3. The summed E-state index contributed by atoms with van der Waals surface area (Å²) in [7, 11) is 1.96. The van der Waals surface area contributed by atoms with Gasteiger partial charge in [-0.25, -0.2) is 9.59 Å². The third-order valence-electron chi connectivity index (χ3n) is 4.35. The Morgan fingerprint density at radius 2 is 2.20 bits per heavy atom. The number of aliphatic carboxylic acids is 2. The maximum atomic E-state index is 11.6. The maximum absolute atomic E-state index is 11.6. The van der Waals surface area contributed by atoms with E-state index in [0.717, 1.165) is 24.9 Å². The molecule has 0 aromatic carbocycles. The molecule has 1 fully saturated rings. The third-order valence-corrected chi connectivity index (χ3v) is 4.35. The molecule has 0 bridgehead atoms. The van der Waals surface area contributed by atoms with Crippen molar-refractivity contribution in [2.75, 3.05) is 13.6 Å². The molecule has 2 heterocycles. The SMILES string of the molecule is C#CC(O)Cc1c(/C(=C/C(=O)O)C(=O)O)cncc1C1CCCN1C. The summed E-state index contributed by atoms with van der Waals surface area (Å²) in [6, 6.07) is 0.0206. The minimum atomic E-state index is -1.38. The Balaban J connectivity index is 2.64. The van der Waals surface area contributed by atoms with Gasteiger partial charge in [0.1, 0.15) is 6.10 Å². The van der Waals surface area contributed by atoms with E-state index >= 15 is 0 Å². The number of carboxylic acid groups (broad SMARTS) is 2. The lowest BCUT2D eigenvalue weighted by Crippen LogP contribution is -2.22. The van der Waals surface area contributed by atoms with Crippen molar-refractivity contribution in [3.8, 4) is 12.3 Å². The van der Waals surface area contributed by atoms with Crippen LogP contribution in [-0.4, -0.2) is 56.8 Å². The monoisotopic (exact) mass is 344 g/mol. The Morgan fingerprint density at radius 3 is 2.72 bits per heavy atom. The quantitative estimate of drug-likeness (QED) is 0.520. The molecule has 1 aliphatic heterocycles. The number of nitrogens with zero attached hydrogens (tertiary/aromatic N) is 2. The molecular weight excluding hydrogens is 324 g/mol. The van der Waals surface area contributed by atoms with E-state index in [1.54, 1.807) is 6.20 Å². The molecule has 1 saturated heterocycles. The van der Waals surface area contributed by atoms with Crippen molar-refractivity contribution < 1.29 is 24.9 Å². The molecule has 0 aliphatic carbocycles. The molecule has 25 heavy (non-hydrogen) atoms. The zero-order valence-corrected chi connectivity index (χ0v) is 13.8. The second-order valence-corrected chi connectivity index (χ2v) is 5.98. The topological polar surface area (TPSA) is 111 Å². The van der Waals surface area contributed by atoms with Crippen molar-refractivity contribution >= 4 is 17.5 Å². The summed E-state index contributed by atoms with van der Waals surface area (Å²) in [6.07, 6.45) is 9.61. The van der Waals surface area contributed by atoms with Crippen molar-refractivity contribution in [3.05, 3.63) is 35.2 Å². The highest BCUT2D eigenvalue weighted by Crippen LogP contribution is 2.35. The predicted molar refractivity (Wildman–Crippen MR) is 90.6 cm³/mol. The van der Waals surface area contributed by atoms with E-state index < -0.39 is 18.0 Å². The van der Waals surface area contributed by atoms with E-state index in [1.165, 1.54) is 6.20 Å². The molecular formula is C18H20N2O5. The van der Waals surface area contributed by atoms with Crippen molar-refractivity contribution in [1.29, 1.82) is 0 Å². The molecule has 2 rings (SSSR count). The number of carbonyl (C=O) groups is 2. The first-order valence-corrected chi connectivity index (χ1v) is 7.84. The van der Waals surface area contributed by atoms with Gasteiger partial charge in [0.15, 0.2) is 0 Å². The van der Waals surface area contributed by atoms with Crippen LogP contribution >= 0.6 is 0 Å². The van der Waals surface area contributed by atoms with Gasteiger partial charge in [-0.1, -0.05) is 5.92 Å². The largest absolute Gasteiger partial charge is 0.478 e. The second kappa shape index (κ2) is 7.92. The number of aliphatic hydroxyl groups excluding tert-OH is 1. The van der Waals surface area contributed by atoms with E-state index in [1.807, 2.05) is 7.05 Å². The molecule has 2 atom stereocenters. The van der Waals surface area contributed by atoms with Gasteiger partial charge in [-0.15, -0.1) is 6.42 Å². The van der Waals surface area contributed by atoms with Gasteiger partial charge in [0, 0.05) is 36.5 Å². The molecule has 2 unspecified atom stereocenters. The Labute approximate surface area is 145 Å². The van der Waals surface area contributed by atoms with Crippen LogP contribution in [-0.2, 0) is 16.0 Å². The van der Waals surface area contributed by atoms with Crippen LogP contribution < -0.4 is 0 Å². The number of terminal acetylenes is 1. The molecule has 3 N–H and O–H groups in total. The van der Waals surface area contributed by atoms with Crippen molar-refractivity contribution in [2.45, 2.75) is 31.4 Å². The lowest BCUT2D eigenvalue weighted by molar-refractivity contribution is -0.133. The summed E-state index contributed by atoms with van der Waals surface area (Å²) in [5.41, 5.74) is 1.07. The van der Waals surface area contributed by atoms with Crippen LogP contribution in [0.3, 0.4) is 0 Å². The summed E-state index contributed by atoms with van der Waals surface area (Å²) in [6.45, 7) is 0.892. The lowest BCUT2D eigenvalue weighted by atomic mass is 9.90. The Morgan fingerprint density at radius 1 is 1.48 bits per heavy atom. The summed E-state index contributed by atoms with van der Waals surface area (Å²) in [5.74, 6) is -0.531. The van der Waals surface area contributed by atoms with Crippen molar-refractivity contribution in [2.24, 2.45) is 0 Å². The Kier molecular flexibility index (Phi) is 5.91. The Hall–Kier alpha value is -2.69. The highest BCUT2D eigenvalue weighted by Gasteiger charge is 2.28. The van der Waals surface area contributed by atoms with Gasteiger partial charge in [-0.2, -0.15) is 0 Å². The van der Waals surface area contributed by atoms with Crippen molar-refractivity contribution in [3.63, 3.8) is 0 Å². The molecule has 7 nitrogen and oxygen atoms in total. The lowest BCUT2D eigenvalue weighted by Gasteiger charge is -2.24. The summed E-state index contributed by atoms with van der Waals surface area (Å²) < 4.78 is 0. The van der Waals surface area contributed by atoms with Crippen LogP contribution in [0.4, 0.5) is 0 Å². The average molecular weight is 344 g/mol. The van der Waals surface area contributed by atoms with E-state index in [2.05, 4.69) is 15.8 Å². The fourth-order valence-electron chi connectivity index (χ4n) is 3.18. The molecule has 7 heteroatoms. The van der Waals surface area contributed by atoms with Crippen LogP contribution in [0.15, 0.2) is 18.5 Å². The average Bonchev–Trinajstić information content (AvgIpc) is 2.98. The number of pyridine rings is 1. The van der Waals surface area contributed by atoms with Gasteiger partial charge in [0.25, 0.3) is 0 Å². The summed E-state index contributed by atoms with van der Waals surface area (Å²) >= 11 is 0. The first-order valence-electron chi connectivity index (χ1n) is 7.84. The summed E-state index contributed by atoms with van der Waals surface area (Å²) in [5, 5.41) is 28.3. The van der Waals surface area contributed by atoms with Gasteiger partial charge in [0.2, 0.25) is 0 Å². The molecule has 0 amide bonds. The molecule has 1 aromatic heterocycles. The van der Waals surface area contributed by atoms with Crippen LogP contribution in [0.25, 0.3) is 5.57 Å². The molecule has 1 aromatic rings. The number of likely N-dealkylation sites (tertiary alicyclic amines) is 1. The molecule has 0 radical (unpaired) electrons. The standard InChI is InChI=1S/C18H20N2O5/c1-3-11(21)7-12-14(13(18(24)25)8-17(22)23)9-19-10-15(12)16-5-4-6-20(16)2/h1,8-11,16,21H,4-7H2,2H3,(H,22,23)(H,24,25)/b13-8-. The zero-order chi connectivity index (χ0) is 18.6. The highest BCUT2D eigenvalue weighted by molar-refractivity contribution is 6.19. The van der Waals surface area contributed by atoms with Crippen LogP contribution in [0.5, 0.6) is 0 Å². The van der Waals surface area contributed by atoms with Gasteiger partial charge in [-0.05, 0) is 37.6 Å². The minimum absolute atomic E-state index is 0.0206. The minimum Gasteiger partial charge on any atom is -0.478 e. The van der Waals surface area contributed by atoms with E-state index in [-0.39, 0.29) is 23.6 Å². The van der Waals surface area contributed by atoms with Crippen LogP contribution in [0.1, 0.15) is 35.6 Å². The van der Waals surface area contributed by atoms with E-state index in [9.17, 15) is 19.8 Å². The molecule has 132 valence electrons. The number of aliphatic hydroxyl groups is 1.